The normalized spacial score (nSPS) is 10.8. The number of aromatic nitrogens is 2. The molecular weight excluding hydrogens is 324 g/mol. The van der Waals surface area contributed by atoms with Crippen molar-refractivity contribution < 1.29 is 9.90 Å². The minimum absolute atomic E-state index is 0.0501. The van der Waals surface area contributed by atoms with Gasteiger partial charge in [0.15, 0.2) is 0 Å². The molecule has 2 rings (SSSR count). The molecule has 0 unspecified atom stereocenters. The van der Waals surface area contributed by atoms with Gasteiger partial charge in [0.25, 0.3) is 5.56 Å². The average Bonchev–Trinajstić information content (AvgIpc) is 2.66. The third-order valence-corrected chi connectivity index (χ3v) is 4.05. The Morgan fingerprint density at radius 3 is 2.70 bits per heavy atom. The Balaban J connectivity index is 2.43. The number of nitrogens with zero attached hydrogens (tertiary/aromatic N) is 1. The standard InChI is InChI=1S/C14H15BrN2O3/c1-8-3-4-10(7-12(8)15)17-14(20)11(9(2)16-17)5-6-13(18)19/h3-4,7,16H,5-6H2,1-2H3,(H,18,19). The molecule has 1 aromatic heterocycles. The summed E-state index contributed by atoms with van der Waals surface area (Å²) in [5.74, 6) is -0.908. The minimum atomic E-state index is -0.908. The summed E-state index contributed by atoms with van der Waals surface area (Å²) in [6, 6.07) is 5.62. The van der Waals surface area contributed by atoms with Crippen LogP contribution in [0.1, 0.15) is 23.2 Å². The number of hydrogen-bond donors (Lipinski definition) is 2. The van der Waals surface area contributed by atoms with Gasteiger partial charge in [-0.15, -0.1) is 0 Å². The molecule has 0 aliphatic carbocycles. The lowest BCUT2D eigenvalue weighted by Crippen LogP contribution is -2.18. The van der Waals surface area contributed by atoms with E-state index in [1.165, 1.54) is 4.68 Å². The van der Waals surface area contributed by atoms with Crippen molar-refractivity contribution in [3.8, 4) is 5.69 Å². The lowest BCUT2D eigenvalue weighted by Gasteiger charge is -2.04. The van der Waals surface area contributed by atoms with Gasteiger partial charge in [0.1, 0.15) is 0 Å². The summed E-state index contributed by atoms with van der Waals surface area (Å²) in [6.07, 6.45) is 0.183. The van der Waals surface area contributed by atoms with Gasteiger partial charge < -0.3 is 5.11 Å². The second kappa shape index (κ2) is 5.66. The fourth-order valence-electron chi connectivity index (χ4n) is 2.01. The van der Waals surface area contributed by atoms with Crippen LogP contribution >= 0.6 is 15.9 Å². The second-order valence-corrected chi connectivity index (χ2v) is 5.54. The van der Waals surface area contributed by atoms with Crippen molar-refractivity contribution in [2.45, 2.75) is 26.7 Å². The van der Waals surface area contributed by atoms with Crippen molar-refractivity contribution in [2.24, 2.45) is 0 Å². The molecule has 1 heterocycles. The zero-order valence-electron chi connectivity index (χ0n) is 11.2. The van der Waals surface area contributed by atoms with E-state index in [9.17, 15) is 9.59 Å². The number of aromatic amines is 1. The molecule has 20 heavy (non-hydrogen) atoms. The number of halogens is 1. The highest BCUT2D eigenvalue weighted by Crippen LogP contribution is 2.19. The van der Waals surface area contributed by atoms with Crippen molar-refractivity contribution >= 4 is 21.9 Å². The molecule has 2 aromatic rings. The number of carboxylic acids is 1. The van der Waals surface area contributed by atoms with Gasteiger partial charge in [0.05, 0.1) is 5.69 Å². The Hall–Kier alpha value is -1.82. The highest BCUT2D eigenvalue weighted by Gasteiger charge is 2.13. The topological polar surface area (TPSA) is 75.1 Å². The largest absolute Gasteiger partial charge is 0.481 e. The number of nitrogens with one attached hydrogen (secondary N) is 1. The van der Waals surface area contributed by atoms with E-state index in [1.807, 2.05) is 25.1 Å². The van der Waals surface area contributed by atoms with Gasteiger partial charge >= 0.3 is 5.97 Å². The van der Waals surface area contributed by atoms with E-state index in [4.69, 9.17) is 5.11 Å². The molecular formula is C14H15BrN2O3. The van der Waals surface area contributed by atoms with Crippen LogP contribution in [0.25, 0.3) is 5.69 Å². The molecule has 0 saturated heterocycles. The first kappa shape index (κ1) is 14.6. The van der Waals surface area contributed by atoms with E-state index in [2.05, 4.69) is 21.0 Å². The summed E-state index contributed by atoms with van der Waals surface area (Å²) in [6.45, 7) is 3.74. The fraction of sp³-hybridized carbons (Fsp3) is 0.286. The monoisotopic (exact) mass is 338 g/mol. The predicted molar refractivity (Wildman–Crippen MR) is 79.5 cm³/mol. The SMILES string of the molecule is Cc1ccc(-n2[nH]c(C)c(CCC(=O)O)c2=O)cc1Br. The molecule has 2 N–H and O–H groups in total. The maximum absolute atomic E-state index is 12.3. The average molecular weight is 339 g/mol. The maximum atomic E-state index is 12.3. The van der Waals surface area contributed by atoms with Gasteiger partial charge in [-0.3, -0.25) is 14.7 Å². The smallest absolute Gasteiger partial charge is 0.303 e. The van der Waals surface area contributed by atoms with Crippen molar-refractivity contribution in [1.82, 2.24) is 9.78 Å². The molecule has 5 nitrogen and oxygen atoms in total. The van der Waals surface area contributed by atoms with E-state index in [-0.39, 0.29) is 18.4 Å². The van der Waals surface area contributed by atoms with Gasteiger partial charge in [-0.2, -0.15) is 0 Å². The van der Waals surface area contributed by atoms with E-state index < -0.39 is 5.97 Å². The number of benzene rings is 1. The fourth-order valence-corrected chi connectivity index (χ4v) is 2.38. The highest BCUT2D eigenvalue weighted by molar-refractivity contribution is 9.10. The zero-order valence-corrected chi connectivity index (χ0v) is 12.8. The van der Waals surface area contributed by atoms with Crippen LogP contribution in [-0.4, -0.2) is 20.9 Å². The maximum Gasteiger partial charge on any atom is 0.303 e. The summed E-state index contributed by atoms with van der Waals surface area (Å²) < 4.78 is 2.36. The van der Waals surface area contributed by atoms with Crippen LogP contribution in [0.5, 0.6) is 0 Å². The van der Waals surface area contributed by atoms with Crippen LogP contribution in [0.3, 0.4) is 0 Å². The first-order chi connectivity index (χ1) is 9.40. The predicted octanol–water partition coefficient (Wildman–Crippen LogP) is 2.56. The Morgan fingerprint density at radius 2 is 2.10 bits per heavy atom. The van der Waals surface area contributed by atoms with Crippen molar-refractivity contribution in [1.29, 1.82) is 0 Å². The van der Waals surface area contributed by atoms with Crippen LogP contribution in [0.4, 0.5) is 0 Å². The Morgan fingerprint density at radius 1 is 1.40 bits per heavy atom. The molecule has 0 radical (unpaired) electrons. The molecule has 0 aliphatic heterocycles. The molecule has 0 atom stereocenters. The molecule has 0 spiro atoms. The van der Waals surface area contributed by atoms with Crippen molar-refractivity contribution in [3.63, 3.8) is 0 Å². The summed E-state index contributed by atoms with van der Waals surface area (Å²) in [5, 5.41) is 11.7. The molecule has 106 valence electrons. The summed E-state index contributed by atoms with van der Waals surface area (Å²) >= 11 is 3.44. The van der Waals surface area contributed by atoms with Crippen LogP contribution in [0, 0.1) is 13.8 Å². The van der Waals surface area contributed by atoms with Gasteiger partial charge in [-0.25, -0.2) is 4.68 Å². The highest BCUT2D eigenvalue weighted by atomic mass is 79.9. The number of carboxylic acid groups (broad SMARTS) is 1. The quantitative estimate of drug-likeness (QED) is 0.899. The molecule has 0 bridgehead atoms. The van der Waals surface area contributed by atoms with Gasteiger partial charge in [-0.05, 0) is 38.0 Å². The van der Waals surface area contributed by atoms with Crippen molar-refractivity contribution in [2.75, 3.05) is 0 Å². The number of carbonyl (C=O) groups is 1. The van der Waals surface area contributed by atoms with E-state index in [0.29, 0.717) is 11.3 Å². The van der Waals surface area contributed by atoms with Crippen LogP contribution in [0.15, 0.2) is 27.5 Å². The number of aliphatic carboxylic acids is 1. The third-order valence-electron chi connectivity index (χ3n) is 3.20. The van der Waals surface area contributed by atoms with Crippen LogP contribution < -0.4 is 5.56 Å². The summed E-state index contributed by atoms with van der Waals surface area (Å²) in [7, 11) is 0. The van der Waals surface area contributed by atoms with Gasteiger partial charge in [0, 0.05) is 22.2 Å². The number of hydrogen-bond acceptors (Lipinski definition) is 2. The summed E-state index contributed by atoms with van der Waals surface area (Å²) in [4.78, 5) is 23.0. The molecule has 0 aliphatic rings. The van der Waals surface area contributed by atoms with E-state index >= 15 is 0 Å². The molecule has 1 aromatic carbocycles. The number of H-pyrrole nitrogens is 1. The summed E-state index contributed by atoms with van der Waals surface area (Å²) in [5.41, 5.74) is 2.82. The molecule has 0 amide bonds. The zero-order chi connectivity index (χ0) is 14.9. The first-order valence-electron chi connectivity index (χ1n) is 6.19. The number of aryl methyl sites for hydroxylation is 2. The first-order valence-corrected chi connectivity index (χ1v) is 6.98. The van der Waals surface area contributed by atoms with E-state index in [1.54, 1.807) is 6.92 Å². The van der Waals surface area contributed by atoms with Gasteiger partial charge in [0.2, 0.25) is 0 Å². The van der Waals surface area contributed by atoms with E-state index in [0.717, 1.165) is 15.7 Å². The Kier molecular flexibility index (Phi) is 4.13. The number of rotatable bonds is 4. The molecule has 6 heteroatoms. The van der Waals surface area contributed by atoms with Gasteiger partial charge in [-0.1, -0.05) is 22.0 Å². The lowest BCUT2D eigenvalue weighted by atomic mass is 10.1. The van der Waals surface area contributed by atoms with Crippen LogP contribution in [-0.2, 0) is 11.2 Å². The molecule has 0 saturated carbocycles. The van der Waals surface area contributed by atoms with Crippen molar-refractivity contribution in [3.05, 3.63) is 49.8 Å². The Bertz CT molecular complexity index is 716. The lowest BCUT2D eigenvalue weighted by molar-refractivity contribution is -0.136. The molecule has 0 fully saturated rings. The van der Waals surface area contributed by atoms with Crippen LogP contribution in [0.2, 0.25) is 0 Å². The minimum Gasteiger partial charge on any atom is -0.481 e. The third kappa shape index (κ3) is 2.85. The second-order valence-electron chi connectivity index (χ2n) is 4.68. The Labute approximate surface area is 124 Å².